The Morgan fingerprint density at radius 2 is 2.00 bits per heavy atom. The fourth-order valence-electron chi connectivity index (χ4n) is 2.88. The van der Waals surface area contributed by atoms with Crippen LogP contribution in [-0.2, 0) is 6.54 Å². The van der Waals surface area contributed by atoms with Gasteiger partial charge in [0.1, 0.15) is 0 Å². The molecule has 3 rings (SSSR count). The first-order valence-electron chi connectivity index (χ1n) is 7.44. The Bertz CT molecular complexity index is 618. The summed E-state index contributed by atoms with van der Waals surface area (Å²) in [6, 6.07) is 14.5. The molecule has 0 aliphatic carbocycles. The molecule has 6 N–H and O–H groups in total. The number of hydrogen-bond donors (Lipinski definition) is 4. The van der Waals surface area contributed by atoms with Crippen molar-refractivity contribution in [2.45, 2.75) is 25.4 Å². The predicted molar refractivity (Wildman–Crippen MR) is 89.0 cm³/mol. The van der Waals surface area contributed by atoms with Gasteiger partial charge in [0.2, 0.25) is 0 Å². The molecule has 0 radical (unpaired) electrons. The van der Waals surface area contributed by atoms with Crippen LogP contribution in [0.15, 0.2) is 42.5 Å². The van der Waals surface area contributed by atoms with Gasteiger partial charge in [0.05, 0.1) is 0 Å². The molecule has 1 unspecified atom stereocenters. The average molecular weight is 282 g/mol. The van der Waals surface area contributed by atoms with Gasteiger partial charge in [0.25, 0.3) is 0 Å². The van der Waals surface area contributed by atoms with Crippen molar-refractivity contribution in [2.75, 3.05) is 23.3 Å². The van der Waals surface area contributed by atoms with Gasteiger partial charge in [-0.25, -0.2) is 0 Å². The highest BCUT2D eigenvalue weighted by molar-refractivity contribution is 5.58. The maximum absolute atomic E-state index is 6.01. The van der Waals surface area contributed by atoms with Gasteiger partial charge in [0, 0.05) is 29.6 Å². The Morgan fingerprint density at radius 3 is 2.81 bits per heavy atom. The molecule has 1 fully saturated rings. The topological polar surface area (TPSA) is 76.1 Å². The quantitative estimate of drug-likeness (QED) is 0.650. The van der Waals surface area contributed by atoms with Gasteiger partial charge in [-0.05, 0) is 54.8 Å². The molecule has 0 amide bonds. The zero-order chi connectivity index (χ0) is 14.7. The van der Waals surface area contributed by atoms with E-state index in [1.807, 2.05) is 18.2 Å². The van der Waals surface area contributed by atoms with E-state index in [-0.39, 0.29) is 0 Å². The highest BCUT2D eigenvalue weighted by Crippen LogP contribution is 2.29. The van der Waals surface area contributed by atoms with Crippen molar-refractivity contribution in [2.24, 2.45) is 0 Å². The first kappa shape index (κ1) is 13.8. The Hall–Kier alpha value is -2.20. The molecule has 0 aromatic heterocycles. The third kappa shape index (κ3) is 3.11. The van der Waals surface area contributed by atoms with Crippen molar-refractivity contribution in [1.82, 2.24) is 5.32 Å². The Labute approximate surface area is 125 Å². The summed E-state index contributed by atoms with van der Waals surface area (Å²) in [6.45, 7) is 1.78. The van der Waals surface area contributed by atoms with E-state index in [4.69, 9.17) is 11.5 Å². The number of nitrogen functional groups attached to an aromatic ring is 2. The van der Waals surface area contributed by atoms with Crippen LogP contribution in [0.4, 0.5) is 17.1 Å². The van der Waals surface area contributed by atoms with Gasteiger partial charge < -0.3 is 22.1 Å². The average Bonchev–Trinajstić information content (AvgIpc) is 3.03. The monoisotopic (exact) mass is 282 g/mol. The van der Waals surface area contributed by atoms with Crippen LogP contribution < -0.4 is 22.1 Å². The van der Waals surface area contributed by atoms with Crippen molar-refractivity contribution in [1.29, 1.82) is 0 Å². The van der Waals surface area contributed by atoms with E-state index in [1.54, 1.807) is 0 Å². The van der Waals surface area contributed by atoms with Gasteiger partial charge in [-0.1, -0.05) is 18.2 Å². The number of anilines is 3. The summed E-state index contributed by atoms with van der Waals surface area (Å²) in [5.41, 5.74) is 16.9. The lowest BCUT2D eigenvalue weighted by molar-refractivity contribution is 0.649. The molecule has 4 heteroatoms. The zero-order valence-corrected chi connectivity index (χ0v) is 12.1. The number of rotatable bonds is 4. The highest BCUT2D eigenvalue weighted by Gasteiger charge is 2.18. The molecule has 2 aromatic carbocycles. The molecule has 1 aliphatic heterocycles. The summed E-state index contributed by atoms with van der Waals surface area (Å²) in [5.74, 6) is 0. The molecule has 2 aromatic rings. The summed E-state index contributed by atoms with van der Waals surface area (Å²) in [5, 5.41) is 7.05. The number of benzene rings is 2. The lowest BCUT2D eigenvalue weighted by Gasteiger charge is -2.18. The fraction of sp³-hybridized carbons (Fsp3) is 0.294. The molecule has 21 heavy (non-hydrogen) atoms. The second-order valence-electron chi connectivity index (χ2n) is 5.55. The molecular weight excluding hydrogens is 260 g/mol. The fourth-order valence-corrected chi connectivity index (χ4v) is 2.88. The summed E-state index contributed by atoms with van der Waals surface area (Å²) in [7, 11) is 0. The van der Waals surface area contributed by atoms with Gasteiger partial charge in [-0.2, -0.15) is 0 Å². The second kappa shape index (κ2) is 6.06. The van der Waals surface area contributed by atoms with Crippen molar-refractivity contribution in [3.63, 3.8) is 0 Å². The van der Waals surface area contributed by atoms with Gasteiger partial charge >= 0.3 is 0 Å². The van der Waals surface area contributed by atoms with E-state index in [0.29, 0.717) is 12.6 Å². The second-order valence-corrected chi connectivity index (χ2v) is 5.55. The van der Waals surface area contributed by atoms with Crippen LogP contribution >= 0.6 is 0 Å². The first-order valence-corrected chi connectivity index (χ1v) is 7.44. The molecule has 1 saturated heterocycles. The number of para-hydroxylation sites is 1. The van der Waals surface area contributed by atoms with E-state index in [0.717, 1.165) is 23.5 Å². The Balaban J connectivity index is 1.77. The molecule has 0 spiro atoms. The van der Waals surface area contributed by atoms with Gasteiger partial charge in [-0.15, -0.1) is 0 Å². The zero-order valence-electron chi connectivity index (χ0n) is 12.1. The van der Waals surface area contributed by atoms with Crippen molar-refractivity contribution in [3.05, 3.63) is 53.6 Å². The van der Waals surface area contributed by atoms with Crippen LogP contribution in [0.3, 0.4) is 0 Å². The normalized spacial score (nSPS) is 17.8. The third-order valence-electron chi connectivity index (χ3n) is 4.03. The largest absolute Gasteiger partial charge is 0.399 e. The first-order chi connectivity index (χ1) is 10.2. The molecule has 1 atom stereocenters. The van der Waals surface area contributed by atoms with Crippen LogP contribution in [0.25, 0.3) is 0 Å². The minimum absolute atomic E-state index is 0.451. The van der Waals surface area contributed by atoms with Crippen molar-refractivity contribution in [3.8, 4) is 0 Å². The Kier molecular flexibility index (Phi) is 3.97. The van der Waals surface area contributed by atoms with Crippen molar-refractivity contribution >= 4 is 17.1 Å². The number of hydrogen-bond acceptors (Lipinski definition) is 4. The van der Waals surface area contributed by atoms with E-state index in [9.17, 15) is 0 Å². The van der Waals surface area contributed by atoms with E-state index >= 15 is 0 Å². The SMILES string of the molecule is Nc1ccc(N)c(CNc2ccccc2C2CCCN2)c1. The molecule has 0 bridgehead atoms. The van der Waals surface area contributed by atoms with Crippen LogP contribution in [0, 0.1) is 0 Å². The molecular formula is C17H22N4. The third-order valence-corrected chi connectivity index (χ3v) is 4.03. The molecule has 110 valence electrons. The Morgan fingerprint density at radius 1 is 1.14 bits per heavy atom. The minimum Gasteiger partial charge on any atom is -0.399 e. The maximum atomic E-state index is 6.01. The van der Waals surface area contributed by atoms with E-state index in [2.05, 4.69) is 34.9 Å². The summed E-state index contributed by atoms with van der Waals surface area (Å²) in [6.07, 6.45) is 2.43. The van der Waals surface area contributed by atoms with Crippen molar-refractivity contribution < 1.29 is 0 Å². The molecule has 0 saturated carbocycles. The maximum Gasteiger partial charge on any atom is 0.0422 e. The summed E-state index contributed by atoms with van der Waals surface area (Å²) in [4.78, 5) is 0. The molecule has 1 heterocycles. The van der Waals surface area contributed by atoms with E-state index in [1.165, 1.54) is 24.1 Å². The minimum atomic E-state index is 0.451. The molecule has 1 aliphatic rings. The number of nitrogens with one attached hydrogen (secondary N) is 2. The summed E-state index contributed by atoms with van der Waals surface area (Å²) >= 11 is 0. The standard InChI is InChI=1S/C17H22N4/c18-13-7-8-15(19)12(10-13)11-21-17-5-2-1-4-14(17)16-6-3-9-20-16/h1-2,4-5,7-8,10,16,20-21H,3,6,9,11,18-19H2. The van der Waals surface area contributed by atoms with E-state index < -0.39 is 0 Å². The molecule has 4 nitrogen and oxygen atoms in total. The predicted octanol–water partition coefficient (Wildman–Crippen LogP) is 2.89. The highest BCUT2D eigenvalue weighted by atomic mass is 15.0. The lowest BCUT2D eigenvalue weighted by Crippen LogP contribution is -2.15. The van der Waals surface area contributed by atoms with Crippen LogP contribution in [-0.4, -0.2) is 6.54 Å². The van der Waals surface area contributed by atoms with Gasteiger partial charge in [0.15, 0.2) is 0 Å². The lowest BCUT2D eigenvalue weighted by atomic mass is 10.0. The van der Waals surface area contributed by atoms with Gasteiger partial charge in [-0.3, -0.25) is 0 Å². The van der Waals surface area contributed by atoms with Crippen LogP contribution in [0.5, 0.6) is 0 Å². The van der Waals surface area contributed by atoms with Crippen LogP contribution in [0.2, 0.25) is 0 Å². The van der Waals surface area contributed by atoms with Crippen LogP contribution in [0.1, 0.15) is 30.0 Å². The smallest absolute Gasteiger partial charge is 0.0422 e. The summed E-state index contributed by atoms with van der Waals surface area (Å²) < 4.78 is 0. The number of nitrogens with two attached hydrogens (primary N) is 2.